The van der Waals surface area contributed by atoms with E-state index in [4.69, 9.17) is 11.6 Å². The van der Waals surface area contributed by atoms with Crippen LogP contribution in [0, 0.1) is 10.1 Å². The van der Waals surface area contributed by atoms with Gasteiger partial charge >= 0.3 is 11.8 Å². The van der Waals surface area contributed by atoms with E-state index in [9.17, 15) is 14.9 Å². The zero-order chi connectivity index (χ0) is 11.4. The highest BCUT2D eigenvalue weighted by atomic mass is 35.5. The van der Waals surface area contributed by atoms with Crippen molar-refractivity contribution in [2.45, 2.75) is 6.42 Å². The molecule has 1 aromatic heterocycles. The van der Waals surface area contributed by atoms with E-state index >= 15 is 0 Å². The Morgan fingerprint density at radius 1 is 1.73 bits per heavy atom. The lowest BCUT2D eigenvalue weighted by Crippen LogP contribution is -2.06. The van der Waals surface area contributed by atoms with Crippen molar-refractivity contribution in [3.63, 3.8) is 0 Å². The summed E-state index contributed by atoms with van der Waals surface area (Å²) in [4.78, 5) is 24.2. The second-order valence-corrected chi connectivity index (χ2v) is 3.00. The molecule has 0 aromatic carbocycles. The maximum absolute atomic E-state index is 10.9. The van der Waals surface area contributed by atoms with Crippen LogP contribution in [-0.2, 0) is 16.0 Å². The highest BCUT2D eigenvalue weighted by molar-refractivity contribution is 6.33. The van der Waals surface area contributed by atoms with Gasteiger partial charge < -0.3 is 14.9 Å². The van der Waals surface area contributed by atoms with Crippen LogP contribution in [-0.4, -0.2) is 23.0 Å². The molecule has 0 unspecified atom stereocenters. The van der Waals surface area contributed by atoms with E-state index < -0.39 is 16.7 Å². The first-order valence-electron chi connectivity index (χ1n) is 3.91. The number of nitro groups is 1. The van der Waals surface area contributed by atoms with E-state index in [1.54, 1.807) is 0 Å². The third kappa shape index (κ3) is 2.63. The number of carbonyl (C=O) groups excluding carboxylic acids is 1. The highest BCUT2D eigenvalue weighted by Gasteiger charge is 2.18. The maximum Gasteiger partial charge on any atom is 0.382 e. The van der Waals surface area contributed by atoms with Crippen molar-refractivity contribution in [3.8, 4) is 0 Å². The SMILES string of the molecule is COC(=O)Cc1ccnc([N+](=O)[O-])c1Cl. The van der Waals surface area contributed by atoms with Crippen molar-refractivity contribution in [1.29, 1.82) is 0 Å². The minimum absolute atomic E-state index is 0.112. The molecule has 1 aromatic rings. The summed E-state index contributed by atoms with van der Waals surface area (Å²) >= 11 is 5.69. The van der Waals surface area contributed by atoms with Gasteiger partial charge in [-0.1, -0.05) is 11.6 Å². The first-order chi connectivity index (χ1) is 7.06. The van der Waals surface area contributed by atoms with Crippen LogP contribution in [0.3, 0.4) is 0 Å². The molecule has 0 radical (unpaired) electrons. The lowest BCUT2D eigenvalue weighted by molar-refractivity contribution is -0.389. The second kappa shape index (κ2) is 4.70. The lowest BCUT2D eigenvalue weighted by Gasteiger charge is -2.01. The van der Waals surface area contributed by atoms with Gasteiger partial charge in [0.1, 0.15) is 11.2 Å². The zero-order valence-corrected chi connectivity index (χ0v) is 8.52. The minimum atomic E-state index is -0.705. The summed E-state index contributed by atoms with van der Waals surface area (Å²) in [6.07, 6.45) is 1.11. The van der Waals surface area contributed by atoms with Crippen LogP contribution in [0.25, 0.3) is 0 Å². The molecule has 0 fully saturated rings. The molecule has 0 N–H and O–H groups in total. The molecule has 15 heavy (non-hydrogen) atoms. The number of hydrogen-bond donors (Lipinski definition) is 0. The maximum atomic E-state index is 10.9. The molecule has 7 heteroatoms. The van der Waals surface area contributed by atoms with E-state index in [1.165, 1.54) is 19.4 Å². The summed E-state index contributed by atoms with van der Waals surface area (Å²) in [6, 6.07) is 1.44. The lowest BCUT2D eigenvalue weighted by atomic mass is 10.2. The highest BCUT2D eigenvalue weighted by Crippen LogP contribution is 2.25. The molecule has 0 bridgehead atoms. The normalized spacial score (nSPS) is 9.73. The molecule has 0 aliphatic rings. The number of halogens is 1. The van der Waals surface area contributed by atoms with Gasteiger partial charge in [0.2, 0.25) is 0 Å². The average Bonchev–Trinajstić information content (AvgIpc) is 2.20. The van der Waals surface area contributed by atoms with Crippen molar-refractivity contribution >= 4 is 23.4 Å². The summed E-state index contributed by atoms with van der Waals surface area (Å²) in [6.45, 7) is 0. The molecule has 0 aliphatic heterocycles. The Bertz CT molecular complexity index is 408. The smallest absolute Gasteiger partial charge is 0.382 e. The number of rotatable bonds is 3. The molecular formula is C8H7ClN2O4. The number of ether oxygens (including phenoxy) is 1. The molecule has 0 saturated carbocycles. The number of methoxy groups -OCH3 is 1. The Kier molecular flexibility index (Phi) is 3.56. The first-order valence-corrected chi connectivity index (χ1v) is 4.28. The second-order valence-electron chi connectivity index (χ2n) is 2.62. The van der Waals surface area contributed by atoms with Gasteiger partial charge in [0.25, 0.3) is 0 Å². The third-order valence-electron chi connectivity index (χ3n) is 1.69. The van der Waals surface area contributed by atoms with Crippen molar-refractivity contribution in [2.24, 2.45) is 0 Å². The predicted octanol–water partition coefficient (Wildman–Crippen LogP) is 1.36. The van der Waals surface area contributed by atoms with Crippen molar-refractivity contribution in [2.75, 3.05) is 7.11 Å². The number of aromatic nitrogens is 1. The van der Waals surface area contributed by atoms with Crippen LogP contribution in [0.1, 0.15) is 5.56 Å². The van der Waals surface area contributed by atoms with E-state index in [1.807, 2.05) is 0 Å². The summed E-state index contributed by atoms with van der Waals surface area (Å²) in [5.41, 5.74) is 0.324. The van der Waals surface area contributed by atoms with Crippen LogP contribution in [0.4, 0.5) is 5.82 Å². The fraction of sp³-hybridized carbons (Fsp3) is 0.250. The summed E-state index contributed by atoms with van der Waals surface area (Å²) < 4.78 is 4.42. The number of hydrogen-bond acceptors (Lipinski definition) is 5. The fourth-order valence-electron chi connectivity index (χ4n) is 0.963. The monoisotopic (exact) mass is 230 g/mol. The van der Waals surface area contributed by atoms with Gasteiger partial charge in [-0.3, -0.25) is 4.79 Å². The van der Waals surface area contributed by atoms with Crippen LogP contribution >= 0.6 is 11.6 Å². The van der Waals surface area contributed by atoms with Gasteiger partial charge in [0.15, 0.2) is 0 Å². The zero-order valence-electron chi connectivity index (χ0n) is 7.77. The van der Waals surface area contributed by atoms with Gasteiger partial charge in [-0.2, -0.15) is 0 Å². The third-order valence-corrected chi connectivity index (χ3v) is 2.10. The standard InChI is InChI=1S/C8H7ClN2O4/c1-15-6(12)4-5-2-3-10-8(7(5)9)11(13)14/h2-3H,4H2,1H3. The van der Waals surface area contributed by atoms with Crippen molar-refractivity contribution in [3.05, 3.63) is 33.0 Å². The Labute approximate surface area is 90.0 Å². The van der Waals surface area contributed by atoms with Crippen LogP contribution < -0.4 is 0 Å². The molecule has 0 amide bonds. The van der Waals surface area contributed by atoms with E-state index in [2.05, 4.69) is 9.72 Å². The Morgan fingerprint density at radius 2 is 2.40 bits per heavy atom. The summed E-state index contributed by atoms with van der Waals surface area (Å²) in [5, 5.41) is 10.3. The molecule has 0 saturated heterocycles. The largest absolute Gasteiger partial charge is 0.469 e. The number of esters is 1. The summed E-state index contributed by atoms with van der Waals surface area (Å²) in [5.74, 6) is -0.976. The number of carbonyl (C=O) groups is 1. The first kappa shape index (κ1) is 11.4. The Morgan fingerprint density at radius 3 is 2.93 bits per heavy atom. The minimum Gasteiger partial charge on any atom is -0.469 e. The fourth-order valence-corrected chi connectivity index (χ4v) is 1.21. The molecule has 80 valence electrons. The van der Waals surface area contributed by atoms with Gasteiger partial charge in [-0.15, -0.1) is 0 Å². The molecular weight excluding hydrogens is 224 g/mol. The molecule has 0 atom stereocenters. The van der Waals surface area contributed by atoms with Gasteiger partial charge in [-0.25, -0.2) is 0 Å². The quantitative estimate of drug-likeness (QED) is 0.445. The summed E-state index contributed by atoms with van der Waals surface area (Å²) in [7, 11) is 1.23. The Balaban J connectivity index is 3.04. The van der Waals surface area contributed by atoms with Gasteiger partial charge in [0.05, 0.1) is 13.5 Å². The van der Waals surface area contributed by atoms with E-state index in [0.29, 0.717) is 5.56 Å². The van der Waals surface area contributed by atoms with Gasteiger partial charge in [-0.05, 0) is 21.5 Å². The molecule has 1 heterocycles. The molecule has 0 spiro atoms. The van der Waals surface area contributed by atoms with E-state index in [0.717, 1.165) is 0 Å². The predicted molar refractivity (Wildman–Crippen MR) is 51.6 cm³/mol. The molecule has 1 rings (SSSR count). The Hall–Kier alpha value is -1.69. The molecule has 6 nitrogen and oxygen atoms in total. The number of nitrogens with zero attached hydrogens (tertiary/aromatic N) is 2. The van der Waals surface area contributed by atoms with Crippen molar-refractivity contribution < 1.29 is 14.5 Å². The molecule has 0 aliphatic carbocycles. The average molecular weight is 231 g/mol. The number of pyridine rings is 1. The topological polar surface area (TPSA) is 82.3 Å². The van der Waals surface area contributed by atoms with E-state index in [-0.39, 0.29) is 11.4 Å². The van der Waals surface area contributed by atoms with Crippen LogP contribution in [0.15, 0.2) is 12.3 Å². The van der Waals surface area contributed by atoms with Gasteiger partial charge in [0, 0.05) is 0 Å². The van der Waals surface area contributed by atoms with Crippen LogP contribution in [0.2, 0.25) is 5.02 Å². The van der Waals surface area contributed by atoms with Crippen molar-refractivity contribution in [1.82, 2.24) is 4.98 Å². The van der Waals surface area contributed by atoms with Crippen LogP contribution in [0.5, 0.6) is 0 Å².